The van der Waals surface area contributed by atoms with Crippen LogP contribution < -0.4 is 10.5 Å². The van der Waals surface area contributed by atoms with Gasteiger partial charge in [-0.1, -0.05) is 13.0 Å². The van der Waals surface area contributed by atoms with Gasteiger partial charge in [-0.15, -0.1) is 0 Å². The lowest BCUT2D eigenvalue weighted by molar-refractivity contribution is 0.419. The van der Waals surface area contributed by atoms with Crippen LogP contribution in [-0.4, -0.2) is 18.6 Å². The van der Waals surface area contributed by atoms with Gasteiger partial charge in [-0.3, -0.25) is 4.98 Å². The maximum atomic E-state index is 5.67. The van der Waals surface area contributed by atoms with Gasteiger partial charge in [0, 0.05) is 11.1 Å². The molecular weight excluding hydrogens is 224 g/mol. The third kappa shape index (κ3) is 2.46. The van der Waals surface area contributed by atoms with Gasteiger partial charge in [0.25, 0.3) is 0 Å². The average Bonchev–Trinajstić information content (AvgIpc) is 2.37. The first-order valence-corrected chi connectivity index (χ1v) is 6.29. The Kier molecular flexibility index (Phi) is 3.82. The van der Waals surface area contributed by atoms with Crippen LogP contribution in [-0.2, 0) is 6.42 Å². The Bertz CT molecular complexity index is 551. The van der Waals surface area contributed by atoms with Crippen molar-refractivity contribution >= 4 is 10.9 Å². The van der Waals surface area contributed by atoms with Crippen molar-refractivity contribution in [3.8, 4) is 5.75 Å². The van der Waals surface area contributed by atoms with Gasteiger partial charge in [0.15, 0.2) is 0 Å². The van der Waals surface area contributed by atoms with E-state index in [0.717, 1.165) is 28.8 Å². The molecule has 2 N–H and O–H groups in total. The predicted molar refractivity (Wildman–Crippen MR) is 75.0 cm³/mol. The fourth-order valence-corrected chi connectivity index (χ4v) is 2.23. The molecule has 0 radical (unpaired) electrons. The van der Waals surface area contributed by atoms with Crippen molar-refractivity contribution in [3.05, 3.63) is 35.5 Å². The van der Waals surface area contributed by atoms with Crippen LogP contribution in [0.25, 0.3) is 10.9 Å². The summed E-state index contributed by atoms with van der Waals surface area (Å²) in [5, 5.41) is 1.10. The lowest BCUT2D eigenvalue weighted by Crippen LogP contribution is -2.14. The Morgan fingerprint density at radius 2 is 2.17 bits per heavy atom. The number of aryl methyl sites for hydroxylation is 1. The molecule has 3 heteroatoms. The molecule has 3 nitrogen and oxygen atoms in total. The first-order valence-electron chi connectivity index (χ1n) is 6.29. The Morgan fingerprint density at radius 1 is 1.39 bits per heavy atom. The summed E-state index contributed by atoms with van der Waals surface area (Å²) < 4.78 is 5.39. The third-order valence-electron chi connectivity index (χ3n) is 3.23. The summed E-state index contributed by atoms with van der Waals surface area (Å²) in [6.07, 6.45) is 0.921. The summed E-state index contributed by atoms with van der Waals surface area (Å²) in [7, 11) is 1.69. The highest BCUT2D eigenvalue weighted by molar-refractivity contribution is 5.88. The van der Waals surface area contributed by atoms with Crippen LogP contribution in [0, 0.1) is 12.8 Å². The quantitative estimate of drug-likeness (QED) is 0.899. The van der Waals surface area contributed by atoms with E-state index in [9.17, 15) is 0 Å². The number of benzene rings is 1. The second-order valence-electron chi connectivity index (χ2n) is 4.83. The molecule has 96 valence electrons. The number of methoxy groups -OCH3 is 1. The molecule has 2 aromatic rings. The van der Waals surface area contributed by atoms with Gasteiger partial charge < -0.3 is 10.5 Å². The van der Waals surface area contributed by atoms with Gasteiger partial charge in [-0.2, -0.15) is 0 Å². The van der Waals surface area contributed by atoms with E-state index in [0.29, 0.717) is 12.5 Å². The predicted octanol–water partition coefficient (Wildman–Crippen LogP) is 2.69. The number of fused-ring (bicyclic) bond motifs is 1. The molecule has 0 saturated heterocycles. The average molecular weight is 244 g/mol. The van der Waals surface area contributed by atoms with Crippen LogP contribution >= 0.6 is 0 Å². The first kappa shape index (κ1) is 12.8. The van der Waals surface area contributed by atoms with E-state index in [-0.39, 0.29) is 0 Å². The van der Waals surface area contributed by atoms with Crippen LogP contribution in [0.2, 0.25) is 0 Å². The SMILES string of the molecule is COc1cccc2nc(CC(C)CN)cc(C)c12. The summed E-state index contributed by atoms with van der Waals surface area (Å²) in [5.74, 6) is 1.34. The van der Waals surface area contributed by atoms with E-state index in [4.69, 9.17) is 15.5 Å². The molecule has 0 saturated carbocycles. The first-order chi connectivity index (χ1) is 8.65. The zero-order valence-corrected chi connectivity index (χ0v) is 11.2. The monoisotopic (exact) mass is 244 g/mol. The van der Waals surface area contributed by atoms with Crippen LogP contribution in [0.1, 0.15) is 18.2 Å². The van der Waals surface area contributed by atoms with Gasteiger partial charge in [0.2, 0.25) is 0 Å². The highest BCUT2D eigenvalue weighted by Crippen LogP contribution is 2.28. The smallest absolute Gasteiger partial charge is 0.128 e. The summed E-state index contributed by atoms with van der Waals surface area (Å²) in [4.78, 5) is 4.70. The fraction of sp³-hybridized carbons (Fsp3) is 0.400. The molecule has 0 bridgehead atoms. The lowest BCUT2D eigenvalue weighted by atomic mass is 10.0. The number of hydrogen-bond donors (Lipinski definition) is 1. The molecule has 0 amide bonds. The van der Waals surface area contributed by atoms with Crippen molar-refractivity contribution in [2.75, 3.05) is 13.7 Å². The molecule has 0 fully saturated rings. The molecule has 1 heterocycles. The van der Waals surface area contributed by atoms with Crippen molar-refractivity contribution in [3.63, 3.8) is 0 Å². The van der Waals surface area contributed by atoms with Crippen molar-refractivity contribution in [2.24, 2.45) is 11.7 Å². The van der Waals surface area contributed by atoms with Crippen molar-refractivity contribution < 1.29 is 4.74 Å². The molecule has 1 aromatic carbocycles. The molecule has 0 aliphatic carbocycles. The van der Waals surface area contributed by atoms with E-state index >= 15 is 0 Å². The molecule has 0 spiro atoms. The maximum absolute atomic E-state index is 5.67. The van der Waals surface area contributed by atoms with E-state index in [2.05, 4.69) is 19.9 Å². The van der Waals surface area contributed by atoms with Crippen molar-refractivity contribution in [2.45, 2.75) is 20.3 Å². The summed E-state index contributed by atoms with van der Waals surface area (Å²) in [6.45, 7) is 4.94. The van der Waals surface area contributed by atoms with Crippen LogP contribution in [0.3, 0.4) is 0 Å². The molecular formula is C15H20N2O. The Hall–Kier alpha value is -1.61. The molecule has 0 aliphatic heterocycles. The van der Waals surface area contributed by atoms with Crippen LogP contribution in [0.15, 0.2) is 24.3 Å². The normalized spacial score (nSPS) is 12.7. The molecule has 1 aromatic heterocycles. The van der Waals surface area contributed by atoms with E-state index in [1.165, 1.54) is 5.56 Å². The second-order valence-corrected chi connectivity index (χ2v) is 4.83. The highest BCUT2D eigenvalue weighted by Gasteiger charge is 2.09. The van der Waals surface area contributed by atoms with E-state index in [1.54, 1.807) is 7.11 Å². The van der Waals surface area contributed by atoms with Gasteiger partial charge in [-0.25, -0.2) is 0 Å². The number of rotatable bonds is 4. The highest BCUT2D eigenvalue weighted by atomic mass is 16.5. The Morgan fingerprint density at radius 3 is 2.83 bits per heavy atom. The number of hydrogen-bond acceptors (Lipinski definition) is 3. The minimum Gasteiger partial charge on any atom is -0.496 e. The molecule has 2 rings (SSSR count). The third-order valence-corrected chi connectivity index (χ3v) is 3.23. The van der Waals surface area contributed by atoms with Crippen LogP contribution in [0.4, 0.5) is 0 Å². The van der Waals surface area contributed by atoms with Gasteiger partial charge in [0.05, 0.1) is 12.6 Å². The topological polar surface area (TPSA) is 48.1 Å². The fourth-order valence-electron chi connectivity index (χ4n) is 2.23. The Labute approximate surface area is 108 Å². The van der Waals surface area contributed by atoms with Crippen molar-refractivity contribution in [1.29, 1.82) is 0 Å². The van der Waals surface area contributed by atoms with Gasteiger partial charge in [-0.05, 0) is 49.6 Å². The number of nitrogens with two attached hydrogens (primary N) is 1. The minimum atomic E-state index is 0.458. The number of aromatic nitrogens is 1. The van der Waals surface area contributed by atoms with Crippen molar-refractivity contribution in [1.82, 2.24) is 4.98 Å². The molecule has 1 unspecified atom stereocenters. The van der Waals surface area contributed by atoms with Gasteiger partial charge >= 0.3 is 0 Å². The zero-order chi connectivity index (χ0) is 13.1. The standard InChI is InChI=1S/C15H20N2O/c1-10(9-16)7-12-8-11(2)15-13(17-12)5-4-6-14(15)18-3/h4-6,8,10H,7,9,16H2,1-3H3. The zero-order valence-electron chi connectivity index (χ0n) is 11.2. The minimum absolute atomic E-state index is 0.458. The van der Waals surface area contributed by atoms with E-state index in [1.807, 2.05) is 18.2 Å². The number of nitrogens with zero attached hydrogens (tertiary/aromatic N) is 1. The van der Waals surface area contributed by atoms with Crippen LogP contribution in [0.5, 0.6) is 5.75 Å². The largest absolute Gasteiger partial charge is 0.496 e. The van der Waals surface area contributed by atoms with E-state index < -0.39 is 0 Å². The Balaban J connectivity index is 2.50. The molecule has 1 atom stereocenters. The summed E-state index contributed by atoms with van der Waals surface area (Å²) in [6, 6.07) is 8.11. The maximum Gasteiger partial charge on any atom is 0.128 e. The second kappa shape index (κ2) is 5.36. The van der Waals surface area contributed by atoms with Gasteiger partial charge in [0.1, 0.15) is 5.75 Å². The molecule has 18 heavy (non-hydrogen) atoms. The number of pyridine rings is 1. The lowest BCUT2D eigenvalue weighted by Gasteiger charge is -2.12. The number of ether oxygens (including phenoxy) is 1. The summed E-state index contributed by atoms with van der Waals surface area (Å²) >= 11 is 0. The molecule has 0 aliphatic rings. The summed E-state index contributed by atoms with van der Waals surface area (Å²) in [5.41, 5.74) is 8.97.